The maximum atomic E-state index is 4.97. The Morgan fingerprint density at radius 1 is 0.926 bits per heavy atom. The molecule has 0 aliphatic heterocycles. The number of aryl methyl sites for hydroxylation is 5. The van der Waals surface area contributed by atoms with Crippen molar-refractivity contribution in [3.05, 3.63) is 52.3 Å². The van der Waals surface area contributed by atoms with E-state index < -0.39 is 0 Å². The summed E-state index contributed by atoms with van der Waals surface area (Å²) in [4.78, 5) is 7.45. The first-order valence-electron chi connectivity index (χ1n) is 10.2. The minimum Gasteiger partial charge on any atom is -0.358 e. The van der Waals surface area contributed by atoms with Gasteiger partial charge in [0, 0.05) is 36.1 Å². The molecule has 0 saturated heterocycles. The van der Waals surface area contributed by atoms with E-state index in [1.165, 1.54) is 52.2 Å². The second kappa shape index (κ2) is 7.75. The standard InChI is InChI=1S/C24H33N3/c1-8-10-11-26(9-2)22-14-19(6)25-24-21(15-20(7)27(22)24)23-17(4)12-16(3)13-18(23)5/h12-15H,8-11H2,1-7H3. The topological polar surface area (TPSA) is 20.5 Å². The van der Waals surface area contributed by atoms with Crippen LogP contribution in [0.4, 0.5) is 5.82 Å². The summed E-state index contributed by atoms with van der Waals surface area (Å²) in [5.74, 6) is 1.26. The van der Waals surface area contributed by atoms with Crippen molar-refractivity contribution in [3.63, 3.8) is 0 Å². The van der Waals surface area contributed by atoms with Crippen LogP contribution in [0.15, 0.2) is 24.3 Å². The highest BCUT2D eigenvalue weighted by atomic mass is 15.2. The molecular weight excluding hydrogens is 330 g/mol. The van der Waals surface area contributed by atoms with Crippen molar-refractivity contribution in [3.8, 4) is 11.1 Å². The molecule has 0 unspecified atom stereocenters. The highest BCUT2D eigenvalue weighted by Gasteiger charge is 2.19. The molecule has 0 radical (unpaired) electrons. The third-order valence-corrected chi connectivity index (χ3v) is 5.44. The van der Waals surface area contributed by atoms with Gasteiger partial charge in [0.25, 0.3) is 0 Å². The van der Waals surface area contributed by atoms with Crippen LogP contribution in [0.1, 0.15) is 54.8 Å². The van der Waals surface area contributed by atoms with Gasteiger partial charge in [-0.25, -0.2) is 4.98 Å². The van der Waals surface area contributed by atoms with Crippen LogP contribution in [-0.4, -0.2) is 22.5 Å². The Morgan fingerprint density at radius 3 is 2.19 bits per heavy atom. The number of hydrogen-bond donors (Lipinski definition) is 0. The van der Waals surface area contributed by atoms with E-state index in [1.807, 2.05) is 0 Å². The predicted molar refractivity (Wildman–Crippen MR) is 117 cm³/mol. The number of nitrogens with zero attached hydrogens (tertiary/aromatic N) is 3. The zero-order valence-electron chi connectivity index (χ0n) is 18.0. The summed E-state index contributed by atoms with van der Waals surface area (Å²) < 4.78 is 2.35. The second-order valence-corrected chi connectivity index (χ2v) is 7.82. The molecule has 0 aliphatic carbocycles. The van der Waals surface area contributed by atoms with Gasteiger partial charge >= 0.3 is 0 Å². The van der Waals surface area contributed by atoms with Crippen LogP contribution in [0, 0.1) is 34.6 Å². The highest BCUT2D eigenvalue weighted by Crippen LogP contribution is 2.35. The Morgan fingerprint density at radius 2 is 1.59 bits per heavy atom. The van der Waals surface area contributed by atoms with Gasteiger partial charge < -0.3 is 4.90 Å². The van der Waals surface area contributed by atoms with E-state index in [0.29, 0.717) is 0 Å². The SMILES string of the molecule is CCCCN(CC)c1cc(C)nc2c(-c3c(C)cc(C)cc3C)cc(C)n12. The van der Waals surface area contributed by atoms with Crippen molar-refractivity contribution in [1.82, 2.24) is 9.38 Å². The summed E-state index contributed by atoms with van der Waals surface area (Å²) in [6.07, 6.45) is 2.42. The Hall–Kier alpha value is -2.29. The summed E-state index contributed by atoms with van der Waals surface area (Å²) in [5, 5.41) is 0. The number of hydrogen-bond acceptors (Lipinski definition) is 2. The summed E-state index contributed by atoms with van der Waals surface area (Å²) in [7, 11) is 0. The molecular formula is C24H33N3. The van der Waals surface area contributed by atoms with E-state index in [0.717, 1.165) is 24.4 Å². The Kier molecular flexibility index (Phi) is 5.59. The van der Waals surface area contributed by atoms with E-state index in [1.54, 1.807) is 0 Å². The maximum absolute atomic E-state index is 4.97. The number of fused-ring (bicyclic) bond motifs is 1. The summed E-state index contributed by atoms with van der Waals surface area (Å²) in [5.41, 5.74) is 9.94. The fraction of sp³-hybridized carbons (Fsp3) is 0.458. The first-order valence-corrected chi connectivity index (χ1v) is 10.2. The smallest absolute Gasteiger partial charge is 0.146 e. The average Bonchev–Trinajstić information content (AvgIpc) is 2.91. The van der Waals surface area contributed by atoms with E-state index >= 15 is 0 Å². The molecule has 2 aromatic heterocycles. The molecule has 3 nitrogen and oxygen atoms in total. The van der Waals surface area contributed by atoms with Crippen LogP contribution in [0.2, 0.25) is 0 Å². The lowest BCUT2D eigenvalue weighted by Crippen LogP contribution is -2.26. The number of benzene rings is 1. The lowest BCUT2D eigenvalue weighted by atomic mass is 9.95. The van der Waals surface area contributed by atoms with Crippen LogP contribution in [0.25, 0.3) is 16.8 Å². The van der Waals surface area contributed by atoms with Crippen molar-refractivity contribution in [1.29, 1.82) is 0 Å². The number of anilines is 1. The largest absolute Gasteiger partial charge is 0.358 e. The molecule has 0 saturated carbocycles. The van der Waals surface area contributed by atoms with Gasteiger partial charge in [0.1, 0.15) is 11.5 Å². The van der Waals surface area contributed by atoms with Crippen LogP contribution < -0.4 is 4.90 Å². The zero-order chi connectivity index (χ0) is 19.7. The zero-order valence-corrected chi connectivity index (χ0v) is 18.0. The van der Waals surface area contributed by atoms with E-state index in [-0.39, 0.29) is 0 Å². The van der Waals surface area contributed by atoms with Gasteiger partial charge in [-0.3, -0.25) is 4.40 Å². The molecule has 0 bridgehead atoms. The summed E-state index contributed by atoms with van der Waals surface area (Å²) in [6.45, 7) is 17.5. The van der Waals surface area contributed by atoms with Gasteiger partial charge in [-0.2, -0.15) is 0 Å². The molecule has 0 amide bonds. The molecule has 0 N–H and O–H groups in total. The summed E-state index contributed by atoms with van der Waals surface area (Å²) >= 11 is 0. The molecule has 1 aromatic carbocycles. The minimum atomic E-state index is 1.01. The number of aromatic nitrogens is 2. The van der Waals surface area contributed by atoms with Crippen LogP contribution in [0.3, 0.4) is 0 Å². The van der Waals surface area contributed by atoms with Gasteiger partial charge in [-0.15, -0.1) is 0 Å². The normalized spacial score (nSPS) is 11.4. The lowest BCUT2D eigenvalue weighted by molar-refractivity contribution is 0.717. The fourth-order valence-corrected chi connectivity index (χ4v) is 4.28. The molecule has 3 aromatic rings. The monoisotopic (exact) mass is 363 g/mol. The van der Waals surface area contributed by atoms with Gasteiger partial charge in [0.05, 0.1) is 0 Å². The van der Waals surface area contributed by atoms with Crippen molar-refractivity contribution in [2.45, 2.75) is 61.3 Å². The quantitative estimate of drug-likeness (QED) is 0.522. The Bertz CT molecular complexity index is 942. The second-order valence-electron chi connectivity index (χ2n) is 7.82. The first-order chi connectivity index (χ1) is 12.9. The molecule has 3 heteroatoms. The molecule has 3 rings (SSSR count). The van der Waals surface area contributed by atoms with Crippen LogP contribution in [-0.2, 0) is 0 Å². The van der Waals surface area contributed by atoms with Gasteiger partial charge in [0.2, 0.25) is 0 Å². The predicted octanol–water partition coefficient (Wildman–Crippen LogP) is 6.17. The lowest BCUT2D eigenvalue weighted by Gasteiger charge is -2.25. The highest BCUT2D eigenvalue weighted by molar-refractivity contribution is 5.84. The molecule has 27 heavy (non-hydrogen) atoms. The average molecular weight is 364 g/mol. The third kappa shape index (κ3) is 3.60. The third-order valence-electron chi connectivity index (χ3n) is 5.44. The molecule has 0 aliphatic rings. The Labute approximate surface area is 164 Å². The van der Waals surface area contributed by atoms with Crippen molar-refractivity contribution in [2.24, 2.45) is 0 Å². The first kappa shape index (κ1) is 19.5. The van der Waals surface area contributed by atoms with E-state index in [4.69, 9.17) is 4.98 Å². The number of unbranched alkanes of at least 4 members (excludes halogenated alkanes) is 1. The maximum Gasteiger partial charge on any atom is 0.146 e. The van der Waals surface area contributed by atoms with E-state index in [2.05, 4.69) is 82.0 Å². The van der Waals surface area contributed by atoms with Crippen molar-refractivity contribution < 1.29 is 0 Å². The van der Waals surface area contributed by atoms with Gasteiger partial charge in [0.15, 0.2) is 0 Å². The fourth-order valence-electron chi connectivity index (χ4n) is 4.28. The van der Waals surface area contributed by atoms with Crippen molar-refractivity contribution in [2.75, 3.05) is 18.0 Å². The van der Waals surface area contributed by atoms with Gasteiger partial charge in [-0.05, 0) is 70.7 Å². The van der Waals surface area contributed by atoms with Crippen LogP contribution in [0.5, 0.6) is 0 Å². The minimum absolute atomic E-state index is 1.01. The molecule has 0 spiro atoms. The molecule has 2 heterocycles. The summed E-state index contributed by atoms with van der Waals surface area (Å²) in [6, 6.07) is 9.09. The van der Waals surface area contributed by atoms with Crippen molar-refractivity contribution >= 4 is 11.5 Å². The molecule has 0 atom stereocenters. The molecule has 144 valence electrons. The van der Waals surface area contributed by atoms with Gasteiger partial charge in [-0.1, -0.05) is 31.0 Å². The number of rotatable bonds is 6. The Balaban J connectivity index is 2.27. The van der Waals surface area contributed by atoms with Crippen LogP contribution >= 0.6 is 0 Å². The van der Waals surface area contributed by atoms with E-state index in [9.17, 15) is 0 Å². The molecule has 0 fully saturated rings.